The zero-order valence-corrected chi connectivity index (χ0v) is 21.7. The highest BCUT2D eigenvalue weighted by Gasteiger charge is 2.31. The number of hydrogen-bond donors (Lipinski definition) is 2. The molecule has 0 bridgehead atoms. The highest BCUT2D eigenvalue weighted by molar-refractivity contribution is 9.10. The summed E-state index contributed by atoms with van der Waals surface area (Å²) in [6.45, 7) is 0.284. The van der Waals surface area contributed by atoms with E-state index in [2.05, 4.69) is 26.6 Å². The number of anilines is 1. The Morgan fingerprint density at radius 2 is 1.64 bits per heavy atom. The number of methoxy groups -OCH3 is 1. The van der Waals surface area contributed by atoms with E-state index in [0.717, 1.165) is 10.0 Å². The van der Waals surface area contributed by atoms with Crippen LogP contribution in [0.15, 0.2) is 65.1 Å². The fourth-order valence-electron chi connectivity index (χ4n) is 3.28. The van der Waals surface area contributed by atoms with Crippen LogP contribution in [0.2, 0.25) is 5.02 Å². The monoisotopic (exact) mass is 578 g/mol. The van der Waals surface area contributed by atoms with Gasteiger partial charge >= 0.3 is 5.92 Å². The van der Waals surface area contributed by atoms with Crippen LogP contribution in [0.25, 0.3) is 0 Å². The lowest BCUT2D eigenvalue weighted by atomic mass is 10.0. The van der Waals surface area contributed by atoms with E-state index < -0.39 is 17.7 Å². The fourth-order valence-corrected chi connectivity index (χ4v) is 3.75. The third-order valence-electron chi connectivity index (χ3n) is 5.16. The Bertz CT molecular complexity index is 1290. The number of hydrogen-bond acceptors (Lipinski definition) is 4. The molecule has 0 aliphatic rings. The second-order valence-electron chi connectivity index (χ2n) is 7.98. The van der Waals surface area contributed by atoms with Crippen molar-refractivity contribution in [2.45, 2.75) is 25.8 Å². The molecule has 0 aliphatic carbocycles. The second-order valence-corrected chi connectivity index (χ2v) is 9.30. The van der Waals surface area contributed by atoms with Crippen LogP contribution in [0.1, 0.15) is 38.8 Å². The molecule has 2 N–H and O–H groups in total. The van der Waals surface area contributed by atoms with Gasteiger partial charge in [-0.05, 0) is 53.6 Å². The molecule has 0 aliphatic heterocycles. The molecule has 0 unspecified atom stereocenters. The molecule has 0 spiro atoms. The molecule has 10 heteroatoms. The van der Waals surface area contributed by atoms with Gasteiger partial charge in [-0.15, -0.1) is 0 Å². The molecule has 3 rings (SSSR count). The summed E-state index contributed by atoms with van der Waals surface area (Å²) in [7, 11) is 1.45. The lowest BCUT2D eigenvalue weighted by molar-refractivity contribution is -0.143. The van der Waals surface area contributed by atoms with Crippen LogP contribution in [0.4, 0.5) is 14.5 Å². The van der Waals surface area contributed by atoms with Gasteiger partial charge in [-0.25, -0.2) is 0 Å². The number of benzene rings is 3. The van der Waals surface area contributed by atoms with E-state index in [9.17, 15) is 23.2 Å². The van der Waals surface area contributed by atoms with Gasteiger partial charge < -0.3 is 15.4 Å². The topological polar surface area (TPSA) is 84.5 Å². The van der Waals surface area contributed by atoms with Crippen LogP contribution in [0.3, 0.4) is 0 Å². The normalized spacial score (nSPS) is 11.1. The van der Waals surface area contributed by atoms with Gasteiger partial charge in [0.15, 0.2) is 5.78 Å². The van der Waals surface area contributed by atoms with Crippen molar-refractivity contribution in [1.82, 2.24) is 5.32 Å². The number of carbonyl (C=O) groups is 3. The average Bonchev–Trinajstić information content (AvgIpc) is 2.84. The van der Waals surface area contributed by atoms with E-state index in [4.69, 9.17) is 16.3 Å². The molecule has 36 heavy (non-hydrogen) atoms. The van der Waals surface area contributed by atoms with E-state index in [1.807, 2.05) is 24.3 Å². The zero-order valence-electron chi connectivity index (χ0n) is 19.3. The fraction of sp³-hybridized carbons (Fsp3) is 0.192. The molecule has 0 atom stereocenters. The van der Waals surface area contributed by atoms with Crippen LogP contribution in [-0.4, -0.2) is 30.6 Å². The van der Waals surface area contributed by atoms with Gasteiger partial charge in [-0.1, -0.05) is 45.7 Å². The summed E-state index contributed by atoms with van der Waals surface area (Å²) in [5, 5.41) is 4.93. The smallest absolute Gasteiger partial charge is 0.321 e. The lowest BCUT2D eigenvalue weighted by Gasteiger charge is -2.13. The van der Waals surface area contributed by atoms with Crippen LogP contribution < -0.4 is 15.4 Å². The number of halogens is 4. The van der Waals surface area contributed by atoms with Crippen molar-refractivity contribution in [1.29, 1.82) is 0 Å². The van der Waals surface area contributed by atoms with Gasteiger partial charge in [0.1, 0.15) is 5.75 Å². The van der Waals surface area contributed by atoms with Gasteiger partial charge in [0.05, 0.1) is 23.3 Å². The number of alkyl halides is 2. The molecule has 0 saturated heterocycles. The number of rotatable bonds is 9. The first-order chi connectivity index (χ1) is 17.0. The first-order valence-electron chi connectivity index (χ1n) is 10.7. The summed E-state index contributed by atoms with van der Waals surface area (Å²) in [5.41, 5.74) is 1.92. The van der Waals surface area contributed by atoms with Crippen molar-refractivity contribution in [3.05, 3.63) is 92.4 Å². The van der Waals surface area contributed by atoms with Crippen LogP contribution >= 0.6 is 27.5 Å². The van der Waals surface area contributed by atoms with Gasteiger partial charge in [-0.3, -0.25) is 14.4 Å². The first kappa shape index (κ1) is 27.3. The van der Waals surface area contributed by atoms with Crippen molar-refractivity contribution in [2.75, 3.05) is 12.4 Å². The van der Waals surface area contributed by atoms with Gasteiger partial charge in [0.2, 0.25) is 0 Å². The van der Waals surface area contributed by atoms with E-state index in [-0.39, 0.29) is 29.3 Å². The van der Waals surface area contributed by atoms with Crippen molar-refractivity contribution < 1.29 is 27.9 Å². The third-order valence-corrected chi connectivity index (χ3v) is 6.02. The second kappa shape index (κ2) is 11.6. The Kier molecular flexibility index (Phi) is 8.81. The first-order valence-corrected chi connectivity index (χ1v) is 11.9. The minimum Gasteiger partial charge on any atom is -0.496 e. The summed E-state index contributed by atoms with van der Waals surface area (Å²) in [4.78, 5) is 37.3. The number of carbonyl (C=O) groups excluding carboxylic acids is 3. The van der Waals surface area contributed by atoms with E-state index >= 15 is 0 Å². The number of amides is 2. The SMILES string of the molecule is COc1ccc(NC(=O)c2cc(CNC(=O)C(C)(F)F)ccc2Cl)cc1C(=O)Cc1ccc(Br)cc1. The quantitative estimate of drug-likeness (QED) is 0.302. The van der Waals surface area contributed by atoms with Crippen molar-refractivity contribution >= 4 is 50.8 Å². The number of ketones is 1. The summed E-state index contributed by atoms with van der Waals surface area (Å²) in [6.07, 6.45) is 0.136. The molecule has 6 nitrogen and oxygen atoms in total. The number of nitrogens with one attached hydrogen (secondary N) is 2. The maximum Gasteiger partial charge on any atom is 0.321 e. The van der Waals surface area contributed by atoms with E-state index in [1.54, 1.807) is 12.1 Å². The minimum absolute atomic E-state index is 0.0743. The Balaban J connectivity index is 1.77. The van der Waals surface area contributed by atoms with Gasteiger partial charge in [0.25, 0.3) is 11.8 Å². The Labute approximate surface area is 220 Å². The standard InChI is InChI=1S/C26H22BrClF2N2O4/c1-26(29,30)25(35)31-14-16-5-9-21(28)19(11-16)24(34)32-18-8-10-23(36-2)20(13-18)22(33)12-15-3-6-17(27)7-4-15/h3-11,13H,12,14H2,1-2H3,(H,31,35)(H,32,34). The molecule has 0 fully saturated rings. The molecule has 0 aromatic heterocycles. The molecule has 0 heterocycles. The van der Waals surface area contributed by atoms with Crippen molar-refractivity contribution in [3.8, 4) is 5.75 Å². The third kappa shape index (κ3) is 7.11. The summed E-state index contributed by atoms with van der Waals surface area (Å²) >= 11 is 9.54. The molecule has 188 valence electrons. The molecule has 2 amide bonds. The highest BCUT2D eigenvalue weighted by Crippen LogP contribution is 2.26. The Morgan fingerprint density at radius 3 is 2.28 bits per heavy atom. The average molecular weight is 580 g/mol. The lowest BCUT2D eigenvalue weighted by Crippen LogP contribution is -2.37. The van der Waals surface area contributed by atoms with Gasteiger partial charge in [0, 0.05) is 30.0 Å². The summed E-state index contributed by atoms with van der Waals surface area (Å²) in [6, 6.07) is 16.4. The minimum atomic E-state index is -3.52. The predicted molar refractivity (Wildman–Crippen MR) is 137 cm³/mol. The molecule has 3 aromatic rings. The Morgan fingerprint density at radius 1 is 0.972 bits per heavy atom. The van der Waals surface area contributed by atoms with E-state index in [1.165, 1.54) is 31.4 Å². The van der Waals surface area contributed by atoms with Crippen molar-refractivity contribution in [2.24, 2.45) is 0 Å². The Hall–Kier alpha value is -3.30. The molecule has 0 radical (unpaired) electrons. The van der Waals surface area contributed by atoms with Crippen molar-refractivity contribution in [3.63, 3.8) is 0 Å². The van der Waals surface area contributed by atoms with Crippen LogP contribution in [0.5, 0.6) is 5.75 Å². The zero-order chi connectivity index (χ0) is 26.5. The number of Topliss-reactive ketones (excluding diaryl/α,β-unsaturated/α-hetero) is 1. The highest BCUT2D eigenvalue weighted by atomic mass is 79.9. The molecule has 3 aromatic carbocycles. The van der Waals surface area contributed by atoms with Crippen LogP contribution in [-0.2, 0) is 17.8 Å². The summed E-state index contributed by atoms with van der Waals surface area (Å²) in [5.74, 6) is -5.37. The van der Waals surface area contributed by atoms with Crippen LogP contribution in [0, 0.1) is 0 Å². The van der Waals surface area contributed by atoms with E-state index in [0.29, 0.717) is 29.5 Å². The largest absolute Gasteiger partial charge is 0.496 e. The molecule has 0 saturated carbocycles. The predicted octanol–water partition coefficient (Wildman–Crippen LogP) is 6.06. The molecular formula is C26H22BrClF2N2O4. The summed E-state index contributed by atoms with van der Waals surface area (Å²) < 4.78 is 32.4. The number of ether oxygens (including phenoxy) is 1. The molecular weight excluding hydrogens is 558 g/mol. The van der Waals surface area contributed by atoms with Gasteiger partial charge in [-0.2, -0.15) is 8.78 Å². The maximum absolute atomic E-state index is 13.1. The maximum atomic E-state index is 13.1.